The van der Waals surface area contributed by atoms with Crippen LogP contribution in [0.3, 0.4) is 0 Å². The van der Waals surface area contributed by atoms with E-state index in [9.17, 15) is 0 Å². The number of hydrogen-bond donors (Lipinski definition) is 0. The molecular weight excluding hydrogens is 228 g/mol. The summed E-state index contributed by atoms with van der Waals surface area (Å²) in [5.74, 6) is 1.08. The number of aromatic nitrogens is 2. The number of benzene rings is 1. The molecule has 0 aliphatic carbocycles. The van der Waals surface area contributed by atoms with Gasteiger partial charge in [0.1, 0.15) is 0 Å². The van der Waals surface area contributed by atoms with Crippen LogP contribution < -0.4 is 0 Å². The lowest BCUT2D eigenvalue weighted by atomic mass is 10.4. The maximum Gasteiger partial charge on any atom is 0.0946 e. The van der Waals surface area contributed by atoms with Crippen LogP contribution in [0.1, 0.15) is 0 Å². The fraction of sp³-hybridized carbons (Fsp3) is 0.182. The highest BCUT2D eigenvalue weighted by molar-refractivity contribution is 7.99. The van der Waals surface area contributed by atoms with Crippen molar-refractivity contribution in [3.05, 3.63) is 49.1 Å². The van der Waals surface area contributed by atoms with Crippen LogP contribution in [0.4, 0.5) is 0 Å². The first-order chi connectivity index (χ1) is 6.95. The molecule has 0 saturated heterocycles. The first kappa shape index (κ1) is 12.1. The van der Waals surface area contributed by atoms with Crippen molar-refractivity contribution in [1.82, 2.24) is 9.55 Å². The normalized spacial score (nSPS) is 9.60. The molecule has 0 saturated carbocycles. The Morgan fingerprint density at radius 3 is 2.67 bits per heavy atom. The smallest absolute Gasteiger partial charge is 0.0946 e. The zero-order valence-corrected chi connectivity index (χ0v) is 9.88. The third-order valence-corrected chi connectivity index (χ3v) is 2.91. The molecule has 0 aliphatic heterocycles. The van der Waals surface area contributed by atoms with Crippen LogP contribution >= 0.6 is 24.2 Å². The molecule has 0 N–H and O–H groups in total. The van der Waals surface area contributed by atoms with Gasteiger partial charge in [-0.05, 0) is 12.1 Å². The maximum atomic E-state index is 4.00. The van der Waals surface area contributed by atoms with E-state index in [1.54, 1.807) is 0 Å². The van der Waals surface area contributed by atoms with E-state index in [0.717, 1.165) is 12.3 Å². The summed E-state index contributed by atoms with van der Waals surface area (Å²) in [6, 6.07) is 10.5. The van der Waals surface area contributed by atoms with Gasteiger partial charge in [-0.25, -0.2) is 4.98 Å². The van der Waals surface area contributed by atoms with Gasteiger partial charge in [-0.2, -0.15) is 0 Å². The molecule has 15 heavy (non-hydrogen) atoms. The lowest BCUT2D eigenvalue weighted by Gasteiger charge is -2.01. The van der Waals surface area contributed by atoms with Crippen LogP contribution in [0, 0.1) is 0 Å². The van der Waals surface area contributed by atoms with E-state index < -0.39 is 0 Å². The van der Waals surface area contributed by atoms with Crippen molar-refractivity contribution < 1.29 is 0 Å². The minimum Gasteiger partial charge on any atom is -0.337 e. The fourth-order valence-corrected chi connectivity index (χ4v) is 2.09. The Bertz CT molecular complexity index is 361. The van der Waals surface area contributed by atoms with Gasteiger partial charge in [-0.15, -0.1) is 24.2 Å². The van der Waals surface area contributed by atoms with Crippen LogP contribution in [0.25, 0.3) is 0 Å². The molecule has 0 amide bonds. The molecule has 0 spiro atoms. The molecule has 0 aliphatic rings. The summed E-state index contributed by atoms with van der Waals surface area (Å²) in [5.41, 5.74) is 0. The number of rotatable bonds is 4. The zero-order valence-electron chi connectivity index (χ0n) is 8.24. The summed E-state index contributed by atoms with van der Waals surface area (Å²) in [7, 11) is 0. The Balaban J connectivity index is 0.00000112. The van der Waals surface area contributed by atoms with Crippen LogP contribution in [-0.2, 0) is 6.54 Å². The molecule has 0 fully saturated rings. The van der Waals surface area contributed by atoms with E-state index in [-0.39, 0.29) is 12.4 Å². The summed E-state index contributed by atoms with van der Waals surface area (Å²) in [5, 5.41) is 0. The summed E-state index contributed by atoms with van der Waals surface area (Å²) in [4.78, 5) is 5.33. The van der Waals surface area contributed by atoms with Gasteiger partial charge in [0.15, 0.2) is 0 Å². The van der Waals surface area contributed by atoms with Crippen LogP contribution in [0.2, 0.25) is 0 Å². The first-order valence-corrected chi connectivity index (χ1v) is 5.57. The first-order valence-electron chi connectivity index (χ1n) is 4.59. The highest BCUT2D eigenvalue weighted by Crippen LogP contribution is 2.16. The van der Waals surface area contributed by atoms with E-state index in [0.29, 0.717) is 0 Å². The van der Waals surface area contributed by atoms with Crippen molar-refractivity contribution >= 4 is 24.2 Å². The summed E-state index contributed by atoms with van der Waals surface area (Å²) in [6.07, 6.45) is 5.66. The van der Waals surface area contributed by atoms with E-state index in [2.05, 4.69) is 33.8 Å². The summed E-state index contributed by atoms with van der Waals surface area (Å²) < 4.78 is 2.09. The molecule has 0 unspecified atom stereocenters. The monoisotopic (exact) mass is 240 g/mol. The molecule has 0 bridgehead atoms. The second-order valence-corrected chi connectivity index (χ2v) is 4.13. The lowest BCUT2D eigenvalue weighted by molar-refractivity contribution is 0.770. The minimum atomic E-state index is 0. The zero-order chi connectivity index (χ0) is 9.64. The van der Waals surface area contributed by atoms with E-state index in [1.165, 1.54) is 4.90 Å². The molecule has 2 nitrogen and oxygen atoms in total. The van der Waals surface area contributed by atoms with E-state index in [1.807, 2.05) is 36.5 Å². The van der Waals surface area contributed by atoms with Gasteiger partial charge >= 0.3 is 0 Å². The highest BCUT2D eigenvalue weighted by Gasteiger charge is 1.93. The maximum absolute atomic E-state index is 4.00. The molecule has 1 aromatic heterocycles. The lowest BCUT2D eigenvalue weighted by Crippen LogP contribution is -1.96. The van der Waals surface area contributed by atoms with Crippen LogP contribution in [0.15, 0.2) is 53.9 Å². The Kier molecular flexibility index (Phi) is 5.29. The minimum absolute atomic E-state index is 0. The quantitative estimate of drug-likeness (QED) is 0.765. The van der Waals surface area contributed by atoms with E-state index >= 15 is 0 Å². The number of aryl methyl sites for hydroxylation is 1. The third kappa shape index (κ3) is 3.98. The highest BCUT2D eigenvalue weighted by atomic mass is 35.5. The molecule has 2 aromatic rings. The molecule has 1 heterocycles. The second-order valence-electron chi connectivity index (χ2n) is 2.96. The summed E-state index contributed by atoms with van der Waals surface area (Å²) >= 11 is 1.87. The van der Waals surface area contributed by atoms with Crippen molar-refractivity contribution in [3.8, 4) is 0 Å². The number of nitrogens with zero attached hydrogens (tertiary/aromatic N) is 2. The summed E-state index contributed by atoms with van der Waals surface area (Å²) in [6.45, 7) is 1.01. The predicted molar refractivity (Wildman–Crippen MR) is 66.6 cm³/mol. The topological polar surface area (TPSA) is 17.8 Å². The Morgan fingerprint density at radius 1 is 1.20 bits per heavy atom. The van der Waals surface area contributed by atoms with Crippen LogP contribution in [0.5, 0.6) is 0 Å². The standard InChI is InChI=1S/C11H12N2S.ClH/c1-2-4-11(5-3-1)14-9-8-13-7-6-12-10-13;/h1-7,10H,8-9H2;1H. The van der Waals surface area contributed by atoms with Gasteiger partial charge < -0.3 is 4.57 Å². The van der Waals surface area contributed by atoms with Crippen molar-refractivity contribution in [3.63, 3.8) is 0 Å². The molecular formula is C11H13ClN2S. The van der Waals surface area contributed by atoms with Gasteiger partial charge in [0, 0.05) is 29.6 Å². The van der Waals surface area contributed by atoms with Gasteiger partial charge in [0.05, 0.1) is 6.33 Å². The third-order valence-electron chi connectivity index (χ3n) is 1.92. The number of imidazole rings is 1. The largest absolute Gasteiger partial charge is 0.337 e. The molecule has 0 atom stereocenters. The molecule has 2 rings (SSSR count). The Morgan fingerprint density at radius 2 is 2.00 bits per heavy atom. The Hall–Kier alpha value is -0.930. The molecule has 80 valence electrons. The van der Waals surface area contributed by atoms with Crippen molar-refractivity contribution in [1.29, 1.82) is 0 Å². The van der Waals surface area contributed by atoms with Crippen molar-refractivity contribution in [2.24, 2.45) is 0 Å². The number of halogens is 1. The average molecular weight is 241 g/mol. The molecule has 4 heteroatoms. The van der Waals surface area contributed by atoms with Gasteiger partial charge in [-0.1, -0.05) is 18.2 Å². The Labute approximate surface area is 100 Å². The van der Waals surface area contributed by atoms with Crippen molar-refractivity contribution in [2.45, 2.75) is 11.4 Å². The van der Waals surface area contributed by atoms with Crippen LogP contribution in [-0.4, -0.2) is 15.3 Å². The fourth-order valence-electron chi connectivity index (χ4n) is 1.20. The predicted octanol–water partition coefficient (Wildman–Crippen LogP) is 3.10. The molecule has 1 aromatic carbocycles. The second kappa shape index (κ2) is 6.53. The van der Waals surface area contributed by atoms with Crippen molar-refractivity contribution in [2.75, 3.05) is 5.75 Å². The van der Waals surface area contributed by atoms with Gasteiger partial charge in [-0.3, -0.25) is 0 Å². The number of hydrogen-bond acceptors (Lipinski definition) is 2. The SMILES string of the molecule is Cl.c1ccc(SCCn2ccnc2)cc1. The van der Waals surface area contributed by atoms with Gasteiger partial charge in [0.25, 0.3) is 0 Å². The van der Waals surface area contributed by atoms with Gasteiger partial charge in [0.2, 0.25) is 0 Å². The average Bonchev–Trinajstić information content (AvgIpc) is 2.72. The van der Waals surface area contributed by atoms with E-state index in [4.69, 9.17) is 0 Å². The number of thioether (sulfide) groups is 1. The molecule has 0 radical (unpaired) electrons.